The van der Waals surface area contributed by atoms with E-state index in [1.54, 1.807) is 6.07 Å². The molecule has 5 nitrogen and oxygen atoms in total. The highest BCUT2D eigenvalue weighted by atomic mass is 16.5. The first-order chi connectivity index (χ1) is 6.15. The second-order valence-electron chi connectivity index (χ2n) is 2.44. The number of rotatable bonds is 3. The lowest BCUT2D eigenvalue weighted by Crippen LogP contribution is -2.20. The zero-order chi connectivity index (χ0) is 9.84. The molecule has 0 aliphatic rings. The summed E-state index contributed by atoms with van der Waals surface area (Å²) in [6, 6.07) is 3.07. The number of nitrogens with zero attached hydrogens (tertiary/aromatic N) is 1. The number of aliphatic hydroxyl groups excluding tert-OH is 1. The van der Waals surface area contributed by atoms with Crippen LogP contribution in [-0.4, -0.2) is 23.1 Å². The first-order valence-corrected chi connectivity index (χ1v) is 3.62. The van der Waals surface area contributed by atoms with E-state index in [9.17, 15) is 9.90 Å². The number of hydrogen-bond donors (Lipinski definition) is 2. The molecule has 1 rings (SSSR count). The molecule has 0 bridgehead atoms. The third-order valence-corrected chi connectivity index (χ3v) is 1.55. The van der Waals surface area contributed by atoms with Crippen molar-refractivity contribution in [3.8, 4) is 5.88 Å². The van der Waals surface area contributed by atoms with Crippen LogP contribution in [0.3, 0.4) is 0 Å². The molecule has 1 heterocycles. The zero-order valence-corrected chi connectivity index (χ0v) is 7.10. The summed E-state index contributed by atoms with van der Waals surface area (Å²) < 4.78 is 4.80. The molecule has 0 aliphatic heterocycles. The summed E-state index contributed by atoms with van der Waals surface area (Å²) >= 11 is 0. The topological polar surface area (TPSA) is 85.4 Å². The summed E-state index contributed by atoms with van der Waals surface area (Å²) in [6.07, 6.45) is 0.0345. The smallest absolute Gasteiger partial charge is 0.250 e. The Bertz CT molecular complexity index is 297. The van der Waals surface area contributed by atoms with Crippen LogP contribution in [0.2, 0.25) is 0 Å². The summed E-state index contributed by atoms with van der Waals surface area (Å²) in [4.78, 5) is 14.4. The molecule has 1 unspecified atom stereocenters. The van der Waals surface area contributed by atoms with Gasteiger partial charge in [0, 0.05) is 17.8 Å². The lowest BCUT2D eigenvalue weighted by Gasteiger charge is -2.06. The molecule has 0 aliphatic carbocycles. The van der Waals surface area contributed by atoms with Crippen molar-refractivity contribution in [2.75, 3.05) is 7.11 Å². The van der Waals surface area contributed by atoms with E-state index in [-0.39, 0.29) is 0 Å². The Labute approximate surface area is 75.2 Å². The number of carbonyl (C=O) groups is 1. The highest BCUT2D eigenvalue weighted by molar-refractivity contribution is 5.79. The van der Waals surface area contributed by atoms with Crippen LogP contribution in [0.4, 0.5) is 0 Å². The van der Waals surface area contributed by atoms with E-state index < -0.39 is 12.0 Å². The first-order valence-electron chi connectivity index (χ1n) is 3.62. The molecule has 0 fully saturated rings. The van der Waals surface area contributed by atoms with Crippen LogP contribution in [-0.2, 0) is 4.79 Å². The molecule has 0 radical (unpaired) electrons. The van der Waals surface area contributed by atoms with Crippen LogP contribution in [0.1, 0.15) is 11.7 Å². The largest absolute Gasteiger partial charge is 0.481 e. The van der Waals surface area contributed by atoms with Crippen LogP contribution in [0.25, 0.3) is 0 Å². The summed E-state index contributed by atoms with van der Waals surface area (Å²) in [5.41, 5.74) is 5.25. The predicted molar refractivity (Wildman–Crippen MR) is 44.9 cm³/mol. The quantitative estimate of drug-likeness (QED) is 0.666. The van der Waals surface area contributed by atoms with Gasteiger partial charge in [0.25, 0.3) is 5.91 Å². The van der Waals surface area contributed by atoms with Gasteiger partial charge in [-0.15, -0.1) is 0 Å². The third-order valence-electron chi connectivity index (χ3n) is 1.55. The molecule has 5 heteroatoms. The number of carbonyl (C=O) groups excluding carboxylic acids is 1. The highest BCUT2D eigenvalue weighted by Crippen LogP contribution is 2.13. The lowest BCUT2D eigenvalue weighted by molar-refractivity contribution is -0.126. The van der Waals surface area contributed by atoms with Crippen molar-refractivity contribution in [1.82, 2.24) is 4.98 Å². The molecule has 0 aromatic carbocycles. The highest BCUT2D eigenvalue weighted by Gasteiger charge is 2.13. The van der Waals surface area contributed by atoms with E-state index in [1.807, 2.05) is 0 Å². The summed E-state index contributed by atoms with van der Waals surface area (Å²) in [7, 11) is 1.48. The van der Waals surface area contributed by atoms with Gasteiger partial charge in [0.2, 0.25) is 5.88 Å². The molecule has 3 N–H and O–H groups in total. The molecule has 0 spiro atoms. The van der Waals surface area contributed by atoms with E-state index >= 15 is 0 Å². The van der Waals surface area contributed by atoms with E-state index in [0.29, 0.717) is 11.4 Å². The number of ether oxygens (including phenoxy) is 1. The van der Waals surface area contributed by atoms with Crippen LogP contribution < -0.4 is 10.5 Å². The average Bonchev–Trinajstić information content (AvgIpc) is 2.17. The molecule has 1 amide bonds. The van der Waals surface area contributed by atoms with Crippen LogP contribution in [0.5, 0.6) is 5.88 Å². The standard InChI is InChI=1S/C8H10N2O3/c1-13-6-3-2-5(4-10-6)7(11)8(9)12/h2-4,7,11H,1H3,(H2,9,12). The van der Waals surface area contributed by atoms with Crippen LogP contribution in [0.15, 0.2) is 18.3 Å². The van der Waals surface area contributed by atoms with Gasteiger partial charge in [0.1, 0.15) is 0 Å². The Kier molecular flexibility index (Phi) is 2.81. The SMILES string of the molecule is COc1ccc(C(O)C(N)=O)cn1. The van der Waals surface area contributed by atoms with Gasteiger partial charge in [-0.1, -0.05) is 0 Å². The number of aromatic nitrogens is 1. The molecule has 0 saturated carbocycles. The van der Waals surface area contributed by atoms with Crippen molar-refractivity contribution in [1.29, 1.82) is 0 Å². The minimum absolute atomic E-state index is 0.355. The fourth-order valence-electron chi connectivity index (χ4n) is 0.838. The van der Waals surface area contributed by atoms with Gasteiger partial charge in [-0.05, 0) is 6.07 Å². The maximum absolute atomic E-state index is 10.6. The molecular formula is C8H10N2O3. The summed E-state index contributed by atoms with van der Waals surface area (Å²) in [5.74, 6) is -0.382. The molecule has 1 aromatic heterocycles. The van der Waals surface area contributed by atoms with Crippen molar-refractivity contribution in [3.05, 3.63) is 23.9 Å². The van der Waals surface area contributed by atoms with Gasteiger partial charge >= 0.3 is 0 Å². The maximum atomic E-state index is 10.6. The fourth-order valence-corrected chi connectivity index (χ4v) is 0.838. The van der Waals surface area contributed by atoms with E-state index in [0.717, 1.165) is 0 Å². The molecule has 13 heavy (non-hydrogen) atoms. The minimum Gasteiger partial charge on any atom is -0.481 e. The van der Waals surface area contributed by atoms with Crippen molar-refractivity contribution in [3.63, 3.8) is 0 Å². The Morgan fingerprint density at radius 1 is 1.69 bits per heavy atom. The Morgan fingerprint density at radius 3 is 2.77 bits per heavy atom. The van der Waals surface area contributed by atoms with Gasteiger partial charge in [-0.2, -0.15) is 0 Å². The van der Waals surface area contributed by atoms with Crippen molar-refractivity contribution in [2.45, 2.75) is 6.10 Å². The maximum Gasteiger partial charge on any atom is 0.250 e. The molecule has 1 aromatic rings. The van der Waals surface area contributed by atoms with Gasteiger partial charge < -0.3 is 15.6 Å². The normalized spacial score (nSPS) is 12.2. The van der Waals surface area contributed by atoms with Crippen LogP contribution in [0, 0.1) is 0 Å². The third kappa shape index (κ3) is 2.16. The molecular weight excluding hydrogens is 172 g/mol. The van der Waals surface area contributed by atoms with E-state index in [2.05, 4.69) is 4.98 Å². The summed E-state index contributed by atoms with van der Waals surface area (Å²) in [6.45, 7) is 0. The van der Waals surface area contributed by atoms with Gasteiger partial charge in [-0.25, -0.2) is 4.98 Å². The second kappa shape index (κ2) is 3.86. The van der Waals surface area contributed by atoms with Gasteiger partial charge in [0.15, 0.2) is 6.10 Å². The summed E-state index contributed by atoms with van der Waals surface area (Å²) in [5, 5.41) is 9.21. The molecule has 70 valence electrons. The Hall–Kier alpha value is -1.62. The monoisotopic (exact) mass is 182 g/mol. The number of primary amides is 1. The van der Waals surface area contributed by atoms with Crippen molar-refractivity contribution in [2.24, 2.45) is 5.73 Å². The first kappa shape index (κ1) is 9.47. The lowest BCUT2D eigenvalue weighted by atomic mass is 10.1. The fraction of sp³-hybridized carbons (Fsp3) is 0.250. The number of pyridine rings is 1. The molecule has 1 atom stereocenters. The number of amides is 1. The van der Waals surface area contributed by atoms with Gasteiger partial charge in [0.05, 0.1) is 7.11 Å². The zero-order valence-electron chi connectivity index (χ0n) is 7.10. The Morgan fingerprint density at radius 2 is 2.38 bits per heavy atom. The average molecular weight is 182 g/mol. The van der Waals surface area contributed by atoms with Gasteiger partial charge in [-0.3, -0.25) is 4.79 Å². The number of methoxy groups -OCH3 is 1. The number of hydrogen-bond acceptors (Lipinski definition) is 4. The minimum atomic E-state index is -1.31. The van der Waals surface area contributed by atoms with Crippen molar-refractivity contribution < 1.29 is 14.6 Å². The van der Waals surface area contributed by atoms with E-state index in [4.69, 9.17) is 10.5 Å². The predicted octanol–water partition coefficient (Wildman–Crippen LogP) is -0.391. The number of aliphatic hydroxyl groups is 1. The number of nitrogens with two attached hydrogens (primary N) is 1. The Balaban J connectivity index is 2.85. The second-order valence-corrected chi connectivity index (χ2v) is 2.44. The van der Waals surface area contributed by atoms with Crippen LogP contribution >= 0.6 is 0 Å². The van der Waals surface area contributed by atoms with Crippen molar-refractivity contribution >= 4 is 5.91 Å². The van der Waals surface area contributed by atoms with E-state index in [1.165, 1.54) is 19.4 Å². The molecule has 0 saturated heterocycles.